The number of amides is 1. The fraction of sp³-hybridized carbons (Fsp3) is 0.435. The Labute approximate surface area is 175 Å². The Morgan fingerprint density at radius 2 is 1.70 bits per heavy atom. The van der Waals surface area contributed by atoms with E-state index in [-0.39, 0.29) is 23.5 Å². The SMILES string of the molecule is CC(=O)N(C)c1ccc(OCc2ccc(C(F)(F)F)cc2C(O)CC(C)(C)C)cc1. The Morgan fingerprint density at radius 1 is 1.10 bits per heavy atom. The van der Waals surface area contributed by atoms with Gasteiger partial charge in [-0.3, -0.25) is 4.79 Å². The van der Waals surface area contributed by atoms with E-state index in [0.29, 0.717) is 23.4 Å². The molecule has 0 heterocycles. The van der Waals surface area contributed by atoms with E-state index < -0.39 is 17.8 Å². The summed E-state index contributed by atoms with van der Waals surface area (Å²) < 4.78 is 45.2. The molecule has 2 aromatic carbocycles. The summed E-state index contributed by atoms with van der Waals surface area (Å²) in [4.78, 5) is 12.9. The molecule has 1 amide bonds. The molecule has 164 valence electrons. The van der Waals surface area contributed by atoms with E-state index >= 15 is 0 Å². The first-order chi connectivity index (χ1) is 13.8. The average Bonchev–Trinajstić information content (AvgIpc) is 2.63. The Kier molecular flexibility index (Phi) is 7.18. The molecule has 0 saturated heterocycles. The second-order valence-electron chi connectivity index (χ2n) is 8.55. The highest BCUT2D eigenvalue weighted by atomic mass is 19.4. The maximum Gasteiger partial charge on any atom is 0.416 e. The highest BCUT2D eigenvalue weighted by Gasteiger charge is 2.32. The zero-order valence-corrected chi connectivity index (χ0v) is 17.9. The third-order valence-electron chi connectivity index (χ3n) is 4.73. The van der Waals surface area contributed by atoms with Crippen molar-refractivity contribution in [3.8, 4) is 5.75 Å². The van der Waals surface area contributed by atoms with Gasteiger partial charge in [0.05, 0.1) is 11.7 Å². The van der Waals surface area contributed by atoms with Crippen molar-refractivity contribution in [3.05, 3.63) is 59.2 Å². The summed E-state index contributed by atoms with van der Waals surface area (Å²) in [5, 5.41) is 10.6. The minimum Gasteiger partial charge on any atom is -0.489 e. The van der Waals surface area contributed by atoms with Crippen LogP contribution in [0, 0.1) is 5.41 Å². The maximum atomic E-state index is 13.2. The summed E-state index contributed by atoms with van der Waals surface area (Å²) in [7, 11) is 1.66. The van der Waals surface area contributed by atoms with E-state index in [1.807, 2.05) is 20.8 Å². The topological polar surface area (TPSA) is 49.8 Å². The molecule has 0 saturated carbocycles. The van der Waals surface area contributed by atoms with Gasteiger partial charge in [-0.15, -0.1) is 0 Å². The minimum atomic E-state index is -4.49. The number of anilines is 1. The lowest BCUT2D eigenvalue weighted by Gasteiger charge is -2.25. The van der Waals surface area contributed by atoms with E-state index in [9.17, 15) is 23.1 Å². The average molecular weight is 423 g/mol. The van der Waals surface area contributed by atoms with E-state index in [2.05, 4.69) is 0 Å². The lowest BCUT2D eigenvalue weighted by atomic mass is 9.85. The second-order valence-corrected chi connectivity index (χ2v) is 8.55. The van der Waals surface area contributed by atoms with Crippen LogP contribution in [0.3, 0.4) is 0 Å². The highest BCUT2D eigenvalue weighted by molar-refractivity contribution is 5.90. The molecule has 0 fully saturated rings. The van der Waals surface area contributed by atoms with Gasteiger partial charge in [-0.1, -0.05) is 26.8 Å². The van der Waals surface area contributed by atoms with Crippen molar-refractivity contribution < 1.29 is 27.8 Å². The molecule has 1 atom stereocenters. The van der Waals surface area contributed by atoms with Crippen molar-refractivity contribution >= 4 is 11.6 Å². The number of hydrogen-bond acceptors (Lipinski definition) is 3. The molecule has 2 aromatic rings. The molecular formula is C23H28F3NO3. The van der Waals surface area contributed by atoms with Crippen molar-refractivity contribution in [2.24, 2.45) is 5.41 Å². The number of aliphatic hydroxyl groups excluding tert-OH is 1. The number of ether oxygens (including phenoxy) is 1. The van der Waals surface area contributed by atoms with Crippen LogP contribution in [0.2, 0.25) is 0 Å². The molecule has 0 aromatic heterocycles. The Hall–Kier alpha value is -2.54. The van der Waals surface area contributed by atoms with E-state index in [4.69, 9.17) is 4.74 Å². The molecule has 30 heavy (non-hydrogen) atoms. The molecule has 2 rings (SSSR count). The number of aliphatic hydroxyl groups is 1. The number of benzene rings is 2. The first-order valence-electron chi connectivity index (χ1n) is 9.63. The minimum absolute atomic E-state index is 0.0105. The second kappa shape index (κ2) is 9.08. The van der Waals surface area contributed by atoms with Gasteiger partial charge in [-0.05, 0) is 59.4 Å². The molecule has 0 aliphatic rings. The van der Waals surface area contributed by atoms with Crippen molar-refractivity contribution in [3.63, 3.8) is 0 Å². The number of halogens is 3. The predicted molar refractivity (Wildman–Crippen MR) is 110 cm³/mol. The third kappa shape index (κ3) is 6.49. The van der Waals surface area contributed by atoms with Crippen LogP contribution in [0.5, 0.6) is 5.75 Å². The van der Waals surface area contributed by atoms with Crippen LogP contribution in [0.25, 0.3) is 0 Å². The number of hydrogen-bond donors (Lipinski definition) is 1. The van der Waals surface area contributed by atoms with Crippen molar-refractivity contribution in [2.75, 3.05) is 11.9 Å². The number of nitrogens with zero attached hydrogens (tertiary/aromatic N) is 1. The van der Waals surface area contributed by atoms with Gasteiger partial charge in [0.15, 0.2) is 0 Å². The number of carbonyl (C=O) groups is 1. The van der Waals surface area contributed by atoms with Gasteiger partial charge in [0.25, 0.3) is 0 Å². The molecule has 0 aliphatic heterocycles. The molecule has 1 unspecified atom stereocenters. The fourth-order valence-corrected chi connectivity index (χ4v) is 3.01. The standard InChI is InChI=1S/C23H28F3NO3/c1-15(28)27(5)18-8-10-19(11-9-18)30-14-16-6-7-17(23(24,25)26)12-20(16)21(29)13-22(2,3)4/h6-12,21,29H,13-14H2,1-5H3. The third-order valence-corrected chi connectivity index (χ3v) is 4.73. The first kappa shape index (κ1) is 23.7. The van der Waals surface area contributed by atoms with Crippen LogP contribution in [-0.2, 0) is 17.6 Å². The normalized spacial score (nSPS) is 13.1. The maximum absolute atomic E-state index is 13.2. The Morgan fingerprint density at radius 3 is 2.20 bits per heavy atom. The van der Waals surface area contributed by atoms with Gasteiger partial charge in [0.2, 0.25) is 5.91 Å². The quantitative estimate of drug-likeness (QED) is 0.645. The van der Waals surface area contributed by atoms with Crippen LogP contribution in [0.4, 0.5) is 18.9 Å². The summed E-state index contributed by atoms with van der Waals surface area (Å²) >= 11 is 0. The highest BCUT2D eigenvalue weighted by Crippen LogP contribution is 2.36. The number of carbonyl (C=O) groups excluding carboxylic acids is 1. The lowest BCUT2D eigenvalue weighted by molar-refractivity contribution is -0.137. The molecule has 0 radical (unpaired) electrons. The van der Waals surface area contributed by atoms with E-state index in [0.717, 1.165) is 12.1 Å². The van der Waals surface area contributed by atoms with Gasteiger partial charge in [0.1, 0.15) is 12.4 Å². The zero-order chi connectivity index (χ0) is 22.7. The Bertz CT molecular complexity index is 871. The van der Waals surface area contributed by atoms with E-state index in [1.54, 1.807) is 31.3 Å². The van der Waals surface area contributed by atoms with Gasteiger partial charge in [-0.2, -0.15) is 13.2 Å². The first-order valence-corrected chi connectivity index (χ1v) is 9.63. The number of rotatable bonds is 6. The van der Waals surface area contributed by atoms with Crippen LogP contribution in [0.1, 0.15) is 56.9 Å². The summed E-state index contributed by atoms with van der Waals surface area (Å²) in [5.41, 5.74) is 0.346. The monoisotopic (exact) mass is 423 g/mol. The predicted octanol–water partition coefficient (Wildman–Crippen LogP) is 5.74. The summed E-state index contributed by atoms with van der Waals surface area (Å²) in [6.07, 6.45) is -5.22. The molecule has 0 spiro atoms. The molecule has 4 nitrogen and oxygen atoms in total. The Balaban J connectivity index is 2.24. The van der Waals surface area contributed by atoms with Crippen LogP contribution in [-0.4, -0.2) is 18.1 Å². The van der Waals surface area contributed by atoms with Gasteiger partial charge in [0, 0.05) is 19.7 Å². The molecule has 0 bridgehead atoms. The fourth-order valence-electron chi connectivity index (χ4n) is 3.01. The van der Waals surface area contributed by atoms with Crippen molar-refractivity contribution in [1.82, 2.24) is 0 Å². The smallest absolute Gasteiger partial charge is 0.416 e. The molecule has 1 N–H and O–H groups in total. The largest absolute Gasteiger partial charge is 0.489 e. The summed E-state index contributed by atoms with van der Waals surface area (Å²) in [6, 6.07) is 10.2. The van der Waals surface area contributed by atoms with Gasteiger partial charge in [-0.25, -0.2) is 0 Å². The molecular weight excluding hydrogens is 395 g/mol. The lowest BCUT2D eigenvalue weighted by Crippen LogP contribution is -2.22. The van der Waals surface area contributed by atoms with E-state index in [1.165, 1.54) is 17.9 Å². The molecule has 0 aliphatic carbocycles. The van der Waals surface area contributed by atoms with Crippen LogP contribution >= 0.6 is 0 Å². The summed E-state index contributed by atoms with van der Waals surface area (Å²) in [6.45, 7) is 7.22. The summed E-state index contributed by atoms with van der Waals surface area (Å²) in [5.74, 6) is 0.401. The van der Waals surface area contributed by atoms with Crippen molar-refractivity contribution in [2.45, 2.75) is 53.0 Å². The number of alkyl halides is 3. The van der Waals surface area contributed by atoms with Gasteiger partial charge < -0.3 is 14.7 Å². The van der Waals surface area contributed by atoms with Gasteiger partial charge >= 0.3 is 6.18 Å². The van der Waals surface area contributed by atoms with Crippen LogP contribution < -0.4 is 9.64 Å². The molecule has 7 heteroatoms. The van der Waals surface area contributed by atoms with Crippen molar-refractivity contribution in [1.29, 1.82) is 0 Å². The zero-order valence-electron chi connectivity index (χ0n) is 17.9. The van der Waals surface area contributed by atoms with Crippen LogP contribution in [0.15, 0.2) is 42.5 Å².